The Morgan fingerprint density at radius 3 is 2.50 bits per heavy atom. The van der Waals surface area contributed by atoms with Crippen molar-refractivity contribution >= 4 is 27.5 Å². The van der Waals surface area contributed by atoms with Crippen molar-refractivity contribution in [3.63, 3.8) is 0 Å². The second kappa shape index (κ2) is 5.34. The first kappa shape index (κ1) is 11.7. The van der Waals surface area contributed by atoms with Gasteiger partial charge in [0.25, 0.3) is 0 Å². The predicted molar refractivity (Wildman–Crippen MR) is 46.1 cm³/mol. The van der Waals surface area contributed by atoms with Crippen LogP contribution in [0.25, 0.3) is 0 Å². The number of carbonyl (C=O) groups is 1. The van der Waals surface area contributed by atoms with Gasteiger partial charge in [0.15, 0.2) is 0 Å². The molecule has 5 nitrogen and oxygen atoms in total. The number of hydrogen-bond acceptors (Lipinski definition) is 3. The van der Waals surface area contributed by atoms with Gasteiger partial charge in [0, 0.05) is 13.0 Å². The molecule has 7 heteroatoms. The largest absolute Gasteiger partial charge is 0.370 e. The Labute approximate surface area is 76.3 Å². The van der Waals surface area contributed by atoms with E-state index < -0.39 is 21.1 Å². The number of nitrogens with two attached hydrogens (primary N) is 1. The third-order valence-corrected chi connectivity index (χ3v) is 2.86. The number of halogens is 1. The van der Waals surface area contributed by atoms with Crippen molar-refractivity contribution in [1.29, 1.82) is 0 Å². The molecule has 0 saturated carbocycles. The highest BCUT2D eigenvalue weighted by Gasteiger charge is 2.05. The summed E-state index contributed by atoms with van der Waals surface area (Å²) in [6, 6.07) is 0. The van der Waals surface area contributed by atoms with Gasteiger partial charge >= 0.3 is 0 Å². The molecule has 0 radical (unpaired) electrons. The fourth-order valence-corrected chi connectivity index (χ4v) is 1.29. The number of sulfonamides is 1. The van der Waals surface area contributed by atoms with Crippen LogP contribution in [0, 0.1) is 0 Å². The molecule has 0 heterocycles. The first-order chi connectivity index (χ1) is 5.48. The number of alkyl halides is 1. The Hall–Kier alpha value is -0.330. The van der Waals surface area contributed by atoms with Gasteiger partial charge in [-0.15, -0.1) is 11.6 Å². The fourth-order valence-electron chi connectivity index (χ4n) is 0.529. The molecule has 0 rings (SSSR count). The lowest BCUT2D eigenvalue weighted by atomic mass is 10.3. The van der Waals surface area contributed by atoms with Crippen LogP contribution in [0.5, 0.6) is 0 Å². The van der Waals surface area contributed by atoms with Gasteiger partial charge in [-0.3, -0.25) is 4.79 Å². The number of nitrogens with one attached hydrogen (secondary N) is 1. The highest BCUT2D eigenvalue weighted by atomic mass is 35.5. The van der Waals surface area contributed by atoms with Crippen molar-refractivity contribution in [2.75, 3.05) is 11.8 Å². The molecular weight excluding hydrogens is 204 g/mol. The second-order valence-corrected chi connectivity index (χ2v) is 4.58. The summed E-state index contributed by atoms with van der Waals surface area (Å²) in [5.74, 6) is -0.444. The molecular formula is C5H11ClN2O3S. The molecule has 0 aliphatic rings. The molecule has 0 aromatic carbocycles. The molecule has 0 bridgehead atoms. The highest BCUT2D eigenvalue weighted by molar-refractivity contribution is 7.90. The summed E-state index contributed by atoms with van der Waals surface area (Å²) >= 11 is 5.09. The summed E-state index contributed by atoms with van der Waals surface area (Å²) in [4.78, 5) is 10.2. The van der Waals surface area contributed by atoms with E-state index >= 15 is 0 Å². The number of hydrogen-bond donors (Lipinski definition) is 2. The Kier molecular flexibility index (Phi) is 5.19. The SMILES string of the molecule is NC(=O)CCCNS(=O)(=O)CCl. The van der Waals surface area contributed by atoms with E-state index in [1.165, 1.54) is 0 Å². The summed E-state index contributed by atoms with van der Waals surface area (Å²) < 4.78 is 23.6. The van der Waals surface area contributed by atoms with Crippen LogP contribution >= 0.6 is 11.6 Å². The number of amides is 1. The third-order valence-electron chi connectivity index (χ3n) is 1.07. The number of carbonyl (C=O) groups excluding carboxylic acids is 1. The van der Waals surface area contributed by atoms with E-state index in [1.54, 1.807) is 0 Å². The molecule has 0 aromatic heterocycles. The maximum Gasteiger partial charge on any atom is 0.225 e. The van der Waals surface area contributed by atoms with Gasteiger partial charge < -0.3 is 5.73 Å². The minimum absolute atomic E-state index is 0.171. The van der Waals surface area contributed by atoms with Crippen molar-refractivity contribution in [3.05, 3.63) is 0 Å². The fraction of sp³-hybridized carbons (Fsp3) is 0.800. The molecule has 0 aliphatic heterocycles. The van der Waals surface area contributed by atoms with Crippen molar-refractivity contribution in [3.8, 4) is 0 Å². The second-order valence-electron chi connectivity index (χ2n) is 2.19. The molecule has 0 atom stereocenters. The van der Waals surface area contributed by atoms with Crippen LogP contribution in [0.3, 0.4) is 0 Å². The lowest BCUT2D eigenvalue weighted by Gasteiger charge is -2.01. The van der Waals surface area contributed by atoms with Gasteiger partial charge in [-0.2, -0.15) is 0 Å². The van der Waals surface area contributed by atoms with E-state index in [0.29, 0.717) is 6.42 Å². The van der Waals surface area contributed by atoms with Gasteiger partial charge in [0.05, 0.1) is 0 Å². The van der Waals surface area contributed by atoms with Crippen LogP contribution in [0.4, 0.5) is 0 Å². The normalized spacial score (nSPS) is 11.4. The predicted octanol–water partition coefficient (Wildman–Crippen LogP) is -0.632. The molecule has 0 fully saturated rings. The van der Waals surface area contributed by atoms with Gasteiger partial charge in [-0.25, -0.2) is 13.1 Å². The maximum atomic E-state index is 10.7. The lowest BCUT2D eigenvalue weighted by molar-refractivity contribution is -0.118. The van der Waals surface area contributed by atoms with Gasteiger partial charge in [-0.1, -0.05) is 0 Å². The van der Waals surface area contributed by atoms with Crippen LogP contribution in [0.15, 0.2) is 0 Å². The summed E-state index contributed by atoms with van der Waals surface area (Å²) in [5.41, 5.74) is 4.83. The van der Waals surface area contributed by atoms with Crippen molar-refractivity contribution in [2.24, 2.45) is 5.73 Å². The molecule has 0 aliphatic carbocycles. The van der Waals surface area contributed by atoms with Crippen LogP contribution in [-0.4, -0.2) is 26.1 Å². The Bertz CT molecular complexity index is 239. The van der Waals surface area contributed by atoms with E-state index in [1.807, 2.05) is 0 Å². The number of primary amides is 1. The van der Waals surface area contributed by atoms with E-state index in [9.17, 15) is 13.2 Å². The Balaban J connectivity index is 3.51. The first-order valence-corrected chi connectivity index (χ1v) is 5.48. The van der Waals surface area contributed by atoms with Gasteiger partial charge in [0.2, 0.25) is 15.9 Å². The minimum atomic E-state index is -3.35. The molecule has 72 valence electrons. The van der Waals surface area contributed by atoms with E-state index in [4.69, 9.17) is 17.3 Å². The summed E-state index contributed by atoms with van der Waals surface area (Å²) in [6.07, 6.45) is 0.566. The maximum absolute atomic E-state index is 10.7. The molecule has 1 amide bonds. The van der Waals surface area contributed by atoms with Crippen molar-refractivity contribution < 1.29 is 13.2 Å². The Morgan fingerprint density at radius 2 is 2.08 bits per heavy atom. The first-order valence-electron chi connectivity index (χ1n) is 3.29. The monoisotopic (exact) mass is 214 g/mol. The average molecular weight is 215 g/mol. The summed E-state index contributed by atoms with van der Waals surface area (Å²) in [7, 11) is -3.35. The van der Waals surface area contributed by atoms with Crippen molar-refractivity contribution in [1.82, 2.24) is 4.72 Å². The molecule has 12 heavy (non-hydrogen) atoms. The van der Waals surface area contributed by atoms with Crippen LogP contribution < -0.4 is 10.5 Å². The quantitative estimate of drug-likeness (QED) is 0.456. The van der Waals surface area contributed by atoms with Gasteiger partial charge in [0.1, 0.15) is 5.21 Å². The molecule has 0 saturated heterocycles. The van der Waals surface area contributed by atoms with Crippen molar-refractivity contribution in [2.45, 2.75) is 12.8 Å². The van der Waals surface area contributed by atoms with Crippen LogP contribution in [0.1, 0.15) is 12.8 Å². The lowest BCUT2D eigenvalue weighted by Crippen LogP contribution is -2.26. The minimum Gasteiger partial charge on any atom is -0.370 e. The molecule has 3 N–H and O–H groups in total. The Morgan fingerprint density at radius 1 is 1.50 bits per heavy atom. The average Bonchev–Trinajstić information content (AvgIpc) is 1.98. The summed E-state index contributed by atoms with van der Waals surface area (Å²) in [6.45, 7) is 0.192. The third kappa shape index (κ3) is 6.38. The van der Waals surface area contributed by atoms with E-state index in [0.717, 1.165) is 0 Å². The molecule has 0 unspecified atom stereocenters. The molecule has 0 aromatic rings. The zero-order valence-corrected chi connectivity index (χ0v) is 7.99. The highest BCUT2D eigenvalue weighted by Crippen LogP contribution is 1.90. The van der Waals surface area contributed by atoms with Crippen LogP contribution in [-0.2, 0) is 14.8 Å². The standard InChI is InChI=1S/C5H11ClN2O3S/c6-4-12(10,11)8-3-1-2-5(7)9/h8H,1-4H2,(H2,7,9). The smallest absolute Gasteiger partial charge is 0.225 e. The van der Waals surface area contributed by atoms with E-state index in [-0.39, 0.29) is 13.0 Å². The zero-order chi connectivity index (χ0) is 9.61. The van der Waals surface area contributed by atoms with Crippen LogP contribution in [0.2, 0.25) is 0 Å². The zero-order valence-electron chi connectivity index (χ0n) is 6.42. The van der Waals surface area contributed by atoms with E-state index in [2.05, 4.69) is 4.72 Å². The topological polar surface area (TPSA) is 89.3 Å². The molecule has 0 spiro atoms. The van der Waals surface area contributed by atoms with Gasteiger partial charge in [-0.05, 0) is 6.42 Å². The summed E-state index contributed by atoms with van der Waals surface area (Å²) in [5, 5.41) is -0.469. The number of rotatable bonds is 6.